The Balaban J connectivity index is 1.76. The Kier molecular flexibility index (Phi) is 7.52. The molecule has 0 saturated heterocycles. The number of benzene rings is 2. The molecule has 0 saturated carbocycles. The van der Waals surface area contributed by atoms with Gasteiger partial charge in [0.1, 0.15) is 11.4 Å². The van der Waals surface area contributed by atoms with Crippen LogP contribution in [0.15, 0.2) is 35.1 Å². The summed E-state index contributed by atoms with van der Waals surface area (Å²) in [6.07, 6.45) is 2.27. The first-order valence-electron chi connectivity index (χ1n) is 12.2. The van der Waals surface area contributed by atoms with Gasteiger partial charge in [0, 0.05) is 23.6 Å². The molecule has 9 nitrogen and oxygen atoms in total. The van der Waals surface area contributed by atoms with E-state index in [2.05, 4.69) is 30.1 Å². The van der Waals surface area contributed by atoms with Crippen LogP contribution in [-0.2, 0) is 22.4 Å². The lowest BCUT2D eigenvalue weighted by Crippen LogP contribution is -2.32. The van der Waals surface area contributed by atoms with Crippen molar-refractivity contribution < 1.29 is 28.5 Å². The Hall–Kier alpha value is -3.88. The van der Waals surface area contributed by atoms with Gasteiger partial charge >= 0.3 is 5.97 Å². The van der Waals surface area contributed by atoms with Crippen molar-refractivity contribution in [1.29, 1.82) is 0 Å². The summed E-state index contributed by atoms with van der Waals surface area (Å²) < 4.78 is 27.6. The second-order valence-corrected chi connectivity index (χ2v) is 9.74. The molecule has 0 aliphatic carbocycles. The van der Waals surface area contributed by atoms with Crippen molar-refractivity contribution in [2.45, 2.75) is 51.0 Å². The molecule has 2 aromatic carbocycles. The van der Waals surface area contributed by atoms with Crippen molar-refractivity contribution in [2.75, 3.05) is 28.4 Å². The fourth-order valence-electron chi connectivity index (χ4n) is 4.88. The monoisotopic (exact) mass is 510 g/mol. The van der Waals surface area contributed by atoms with Crippen molar-refractivity contribution >= 4 is 5.97 Å². The molecule has 1 aliphatic heterocycles. The Morgan fingerprint density at radius 3 is 2.35 bits per heavy atom. The number of nitrogens with one attached hydrogen (secondary N) is 2. The smallest absolute Gasteiger partial charge is 0.306 e. The highest BCUT2D eigenvalue weighted by Gasteiger charge is 2.29. The quantitative estimate of drug-likeness (QED) is 0.417. The van der Waals surface area contributed by atoms with Gasteiger partial charge in [-0.05, 0) is 61.6 Å². The van der Waals surface area contributed by atoms with Crippen LogP contribution in [0.1, 0.15) is 60.6 Å². The molecular weight excluding hydrogens is 476 g/mol. The predicted octanol–water partition coefficient (Wildman–Crippen LogP) is 4.12. The lowest BCUT2D eigenvalue weighted by molar-refractivity contribution is -0.140. The van der Waals surface area contributed by atoms with Crippen LogP contribution in [-0.4, -0.2) is 50.2 Å². The van der Waals surface area contributed by atoms with Crippen LogP contribution >= 0.6 is 0 Å². The zero-order valence-electron chi connectivity index (χ0n) is 22.2. The van der Waals surface area contributed by atoms with Gasteiger partial charge < -0.3 is 28.8 Å². The lowest BCUT2D eigenvalue weighted by Gasteiger charge is -2.32. The summed E-state index contributed by atoms with van der Waals surface area (Å²) in [5, 5.41) is 5.74. The highest BCUT2D eigenvalue weighted by atomic mass is 16.5. The Morgan fingerprint density at radius 1 is 1.03 bits per heavy atom. The first-order chi connectivity index (χ1) is 17.7. The van der Waals surface area contributed by atoms with Crippen LogP contribution in [0.5, 0.6) is 23.0 Å². The fourth-order valence-corrected chi connectivity index (χ4v) is 4.88. The number of esters is 1. The molecule has 9 heteroatoms. The van der Waals surface area contributed by atoms with Gasteiger partial charge in [-0.15, -0.1) is 0 Å². The second kappa shape index (κ2) is 10.6. The average molecular weight is 511 g/mol. The van der Waals surface area contributed by atoms with E-state index >= 15 is 0 Å². The number of aromatic amines is 2. The van der Waals surface area contributed by atoms with E-state index in [1.54, 1.807) is 12.1 Å². The molecule has 1 unspecified atom stereocenters. The van der Waals surface area contributed by atoms with Crippen LogP contribution in [0.25, 0.3) is 0 Å². The number of fused-ring (bicyclic) bond motifs is 1. The topological polar surface area (TPSA) is 112 Å². The van der Waals surface area contributed by atoms with E-state index in [0.717, 1.165) is 29.7 Å². The number of rotatable bonds is 9. The molecule has 0 amide bonds. The normalized spacial score (nSPS) is 14.8. The lowest BCUT2D eigenvalue weighted by atomic mass is 9.86. The highest BCUT2D eigenvalue weighted by Crippen LogP contribution is 2.42. The average Bonchev–Trinajstić information content (AvgIpc) is 3.25. The largest absolute Gasteiger partial charge is 0.493 e. The van der Waals surface area contributed by atoms with Crippen molar-refractivity contribution in [3.8, 4) is 23.0 Å². The summed E-state index contributed by atoms with van der Waals surface area (Å²) in [6, 6.07) is 9.62. The Morgan fingerprint density at radius 2 is 1.73 bits per heavy atom. The summed E-state index contributed by atoms with van der Waals surface area (Å²) in [6.45, 7) is 4.18. The van der Waals surface area contributed by atoms with Gasteiger partial charge in [0.15, 0.2) is 11.5 Å². The first kappa shape index (κ1) is 26.2. The number of aryl methyl sites for hydroxylation is 1. The number of hydrogen-bond donors (Lipinski definition) is 2. The molecule has 198 valence electrons. The SMILES string of the molecule is COC(=O)CC(c1cc(OC)c(OC)c(OC)c1)c1c(Cc2ccc3c(c2)CCC(C)(C)O3)[nH][nH]c1=O. The van der Waals surface area contributed by atoms with E-state index < -0.39 is 11.9 Å². The highest BCUT2D eigenvalue weighted by molar-refractivity contribution is 5.72. The minimum Gasteiger partial charge on any atom is -0.493 e. The minimum atomic E-state index is -0.618. The molecule has 3 aromatic rings. The zero-order chi connectivity index (χ0) is 26.7. The van der Waals surface area contributed by atoms with E-state index in [1.165, 1.54) is 28.4 Å². The summed E-state index contributed by atoms with van der Waals surface area (Å²) in [5.41, 5.74) is 3.48. The van der Waals surface area contributed by atoms with E-state index in [1.807, 2.05) is 12.1 Å². The van der Waals surface area contributed by atoms with Crippen LogP contribution in [0.2, 0.25) is 0 Å². The molecule has 2 heterocycles. The number of ether oxygens (including phenoxy) is 5. The van der Waals surface area contributed by atoms with Crippen molar-refractivity contribution in [3.05, 3.63) is 68.6 Å². The number of hydrogen-bond acceptors (Lipinski definition) is 7. The molecule has 0 bridgehead atoms. The van der Waals surface area contributed by atoms with Crippen LogP contribution in [0.3, 0.4) is 0 Å². The van der Waals surface area contributed by atoms with E-state index in [4.69, 9.17) is 23.7 Å². The van der Waals surface area contributed by atoms with Gasteiger partial charge in [-0.3, -0.25) is 14.7 Å². The van der Waals surface area contributed by atoms with E-state index in [9.17, 15) is 9.59 Å². The molecule has 0 fully saturated rings. The van der Waals surface area contributed by atoms with Gasteiger partial charge in [0.2, 0.25) is 5.75 Å². The third-order valence-corrected chi connectivity index (χ3v) is 6.82. The Labute approximate surface area is 216 Å². The number of carbonyl (C=O) groups is 1. The molecule has 0 spiro atoms. The van der Waals surface area contributed by atoms with Gasteiger partial charge in [0.05, 0.1) is 34.9 Å². The maximum Gasteiger partial charge on any atom is 0.306 e. The van der Waals surface area contributed by atoms with Gasteiger partial charge in [0.25, 0.3) is 5.56 Å². The third-order valence-electron chi connectivity index (χ3n) is 6.82. The van der Waals surface area contributed by atoms with Crippen LogP contribution < -0.4 is 24.5 Å². The summed E-state index contributed by atoms with van der Waals surface area (Å²) in [7, 11) is 5.89. The van der Waals surface area contributed by atoms with E-state index in [0.29, 0.717) is 40.5 Å². The molecule has 0 radical (unpaired) electrons. The van der Waals surface area contributed by atoms with Crippen molar-refractivity contribution in [1.82, 2.24) is 10.2 Å². The van der Waals surface area contributed by atoms with Gasteiger partial charge in [-0.2, -0.15) is 0 Å². The van der Waals surface area contributed by atoms with Crippen molar-refractivity contribution in [3.63, 3.8) is 0 Å². The molecule has 1 atom stereocenters. The predicted molar refractivity (Wildman–Crippen MR) is 138 cm³/mol. The van der Waals surface area contributed by atoms with Crippen LogP contribution in [0, 0.1) is 0 Å². The fraction of sp³-hybridized carbons (Fsp3) is 0.429. The second-order valence-electron chi connectivity index (χ2n) is 9.74. The summed E-state index contributed by atoms with van der Waals surface area (Å²) in [5.74, 6) is 1.11. The standard InChI is InChI=1S/C28H34N2O7/c1-28(2)10-9-17-11-16(7-8-21(17)37-28)12-20-25(27(32)30-29-20)19(15-24(31)35-5)18-13-22(33-3)26(36-6)23(14-18)34-4/h7-8,11,13-14,19H,9-10,12,15H2,1-6H3,(H2,29,30,32). The third kappa shape index (κ3) is 5.45. The molecule has 2 N–H and O–H groups in total. The minimum absolute atomic E-state index is 0.0455. The van der Waals surface area contributed by atoms with Gasteiger partial charge in [-0.25, -0.2) is 0 Å². The van der Waals surface area contributed by atoms with Crippen molar-refractivity contribution in [2.24, 2.45) is 0 Å². The summed E-state index contributed by atoms with van der Waals surface area (Å²) >= 11 is 0. The molecular formula is C28H34N2O7. The number of H-pyrrole nitrogens is 2. The molecule has 1 aliphatic rings. The number of methoxy groups -OCH3 is 4. The zero-order valence-corrected chi connectivity index (χ0v) is 22.2. The Bertz CT molecular complexity index is 1310. The first-order valence-corrected chi connectivity index (χ1v) is 12.2. The molecule has 1 aromatic heterocycles. The summed E-state index contributed by atoms with van der Waals surface area (Å²) in [4.78, 5) is 25.6. The number of carbonyl (C=O) groups excluding carboxylic acids is 1. The molecule has 37 heavy (non-hydrogen) atoms. The van der Waals surface area contributed by atoms with E-state index in [-0.39, 0.29) is 17.6 Å². The number of aromatic nitrogens is 2. The maximum absolute atomic E-state index is 13.1. The van der Waals surface area contributed by atoms with Gasteiger partial charge in [-0.1, -0.05) is 12.1 Å². The maximum atomic E-state index is 13.1. The van der Waals surface area contributed by atoms with Crippen LogP contribution in [0.4, 0.5) is 0 Å². The molecule has 4 rings (SSSR count).